The minimum Gasteiger partial charge on any atom is -0.476 e. The number of nitrogen functional groups attached to an aromatic ring is 1. The number of carboxylic acid groups (broad SMARTS) is 1. The van der Waals surface area contributed by atoms with E-state index in [1.54, 1.807) is 19.1 Å². The van der Waals surface area contributed by atoms with Gasteiger partial charge in [0.1, 0.15) is 10.0 Å². The molecule has 0 radical (unpaired) electrons. The Morgan fingerprint density at radius 1 is 1.53 bits per heavy atom. The third-order valence-electron chi connectivity index (χ3n) is 2.44. The number of aromatic nitrogens is 1. The minimum absolute atomic E-state index is 0.0262. The highest BCUT2D eigenvalue weighted by Crippen LogP contribution is 2.36. The highest BCUT2D eigenvalue weighted by atomic mass is 32.1. The average molecular weight is 279 g/mol. The molecule has 0 unspecified atom stereocenters. The number of nitrogens with two attached hydrogens (primary N) is 1. The first-order valence-corrected chi connectivity index (χ1v) is 5.97. The molecular weight excluding hydrogens is 270 g/mol. The minimum atomic E-state index is -1.25. The number of carbonyl (C=O) groups is 1. The zero-order chi connectivity index (χ0) is 14.2. The molecule has 0 fully saturated rings. The van der Waals surface area contributed by atoms with Crippen LogP contribution in [0.4, 0.5) is 10.7 Å². The van der Waals surface area contributed by atoms with Crippen molar-refractivity contribution in [3.8, 4) is 10.6 Å². The summed E-state index contributed by atoms with van der Waals surface area (Å²) in [4.78, 5) is 25.2. The van der Waals surface area contributed by atoms with E-state index in [2.05, 4.69) is 4.98 Å². The van der Waals surface area contributed by atoms with Crippen LogP contribution < -0.4 is 5.73 Å². The maximum atomic E-state index is 11.0. The maximum absolute atomic E-state index is 11.0. The number of rotatable bonds is 3. The normalized spacial score (nSPS) is 10.4. The van der Waals surface area contributed by atoms with Crippen molar-refractivity contribution in [1.29, 1.82) is 0 Å². The second kappa shape index (κ2) is 4.65. The molecule has 0 saturated carbocycles. The average Bonchev–Trinajstić information content (AvgIpc) is 2.70. The van der Waals surface area contributed by atoms with Crippen LogP contribution in [0.2, 0.25) is 0 Å². The third-order valence-corrected chi connectivity index (χ3v) is 3.35. The zero-order valence-corrected chi connectivity index (χ0v) is 10.6. The molecule has 1 aromatic carbocycles. The molecule has 0 aliphatic carbocycles. The summed E-state index contributed by atoms with van der Waals surface area (Å²) in [5.41, 5.74) is 6.22. The summed E-state index contributed by atoms with van der Waals surface area (Å²) in [6.07, 6.45) is 0. The standard InChI is InChI=1S/C11H9N3O4S/c1-5-2-3-7(14(17)18)6(4-5)10-13-8(11(15)16)9(12)19-10/h2-4H,12H2,1H3,(H,15,16). The molecule has 0 amide bonds. The lowest BCUT2D eigenvalue weighted by atomic mass is 10.1. The van der Waals surface area contributed by atoms with Crippen molar-refractivity contribution in [2.45, 2.75) is 6.92 Å². The van der Waals surface area contributed by atoms with Crippen molar-refractivity contribution in [3.05, 3.63) is 39.6 Å². The third kappa shape index (κ3) is 2.38. The largest absolute Gasteiger partial charge is 0.476 e. The number of benzene rings is 1. The van der Waals surface area contributed by atoms with Crippen molar-refractivity contribution < 1.29 is 14.8 Å². The fourth-order valence-corrected chi connectivity index (χ4v) is 2.43. The van der Waals surface area contributed by atoms with Gasteiger partial charge in [0.25, 0.3) is 5.69 Å². The van der Waals surface area contributed by atoms with Crippen LogP contribution in [-0.4, -0.2) is 21.0 Å². The van der Waals surface area contributed by atoms with Crippen molar-refractivity contribution in [3.63, 3.8) is 0 Å². The predicted octanol–water partition coefficient (Wildman–Crippen LogP) is 2.31. The monoisotopic (exact) mass is 279 g/mol. The molecule has 2 rings (SSSR count). The van der Waals surface area contributed by atoms with E-state index in [0.29, 0.717) is 0 Å². The molecule has 19 heavy (non-hydrogen) atoms. The van der Waals surface area contributed by atoms with Crippen molar-refractivity contribution in [1.82, 2.24) is 4.98 Å². The molecule has 0 aliphatic heterocycles. The van der Waals surface area contributed by atoms with Gasteiger partial charge in [-0.1, -0.05) is 17.4 Å². The molecule has 98 valence electrons. The Hall–Kier alpha value is -2.48. The van der Waals surface area contributed by atoms with Gasteiger partial charge in [0.05, 0.1) is 10.5 Å². The quantitative estimate of drug-likeness (QED) is 0.657. The summed E-state index contributed by atoms with van der Waals surface area (Å²) in [6, 6.07) is 4.56. The molecule has 3 N–H and O–H groups in total. The lowest BCUT2D eigenvalue weighted by Crippen LogP contribution is -2.00. The number of thiazole rings is 1. The predicted molar refractivity (Wildman–Crippen MR) is 70.3 cm³/mol. The second-order valence-corrected chi connectivity index (χ2v) is 4.85. The fraction of sp³-hybridized carbons (Fsp3) is 0.0909. The molecule has 0 saturated heterocycles. The van der Waals surface area contributed by atoms with Gasteiger partial charge in [0.15, 0.2) is 5.69 Å². The Labute approximate surface area is 111 Å². The van der Waals surface area contributed by atoms with E-state index in [1.165, 1.54) is 6.07 Å². The molecule has 2 aromatic rings. The van der Waals surface area contributed by atoms with Crippen LogP contribution >= 0.6 is 11.3 Å². The Morgan fingerprint density at radius 3 is 2.74 bits per heavy atom. The van der Waals surface area contributed by atoms with Crippen LogP contribution in [-0.2, 0) is 0 Å². The van der Waals surface area contributed by atoms with Gasteiger partial charge >= 0.3 is 5.97 Å². The topological polar surface area (TPSA) is 119 Å². The molecule has 7 nitrogen and oxygen atoms in total. The summed E-state index contributed by atoms with van der Waals surface area (Å²) >= 11 is 0.917. The smallest absolute Gasteiger partial charge is 0.357 e. The van der Waals surface area contributed by atoms with Crippen LogP contribution in [0, 0.1) is 17.0 Å². The molecule has 0 spiro atoms. The van der Waals surface area contributed by atoms with Crippen LogP contribution in [0.3, 0.4) is 0 Å². The fourth-order valence-electron chi connectivity index (χ4n) is 1.58. The Bertz CT molecular complexity index is 681. The van der Waals surface area contributed by atoms with Crippen molar-refractivity contribution in [2.75, 3.05) is 5.73 Å². The van der Waals surface area contributed by atoms with Crippen LogP contribution in [0.5, 0.6) is 0 Å². The first-order chi connectivity index (χ1) is 8.90. The van der Waals surface area contributed by atoms with E-state index >= 15 is 0 Å². The van der Waals surface area contributed by atoms with Gasteiger partial charge in [0, 0.05) is 6.07 Å². The number of anilines is 1. The van der Waals surface area contributed by atoms with Gasteiger partial charge in [0.2, 0.25) is 0 Å². The first kappa shape index (κ1) is 13.0. The Morgan fingerprint density at radius 2 is 2.21 bits per heavy atom. The first-order valence-electron chi connectivity index (χ1n) is 5.15. The summed E-state index contributed by atoms with van der Waals surface area (Å²) in [6.45, 7) is 1.78. The summed E-state index contributed by atoms with van der Waals surface area (Å²) in [5, 5.41) is 20.1. The van der Waals surface area contributed by atoms with E-state index in [0.717, 1.165) is 16.9 Å². The number of hydrogen-bond acceptors (Lipinski definition) is 6. The number of carboxylic acids is 1. The highest BCUT2D eigenvalue weighted by Gasteiger charge is 2.22. The number of aromatic carboxylic acids is 1. The molecule has 1 heterocycles. The molecule has 0 atom stereocenters. The lowest BCUT2D eigenvalue weighted by molar-refractivity contribution is -0.384. The van der Waals surface area contributed by atoms with Gasteiger partial charge in [-0.15, -0.1) is 0 Å². The van der Waals surface area contributed by atoms with E-state index < -0.39 is 10.9 Å². The molecular formula is C11H9N3O4S. The number of aryl methyl sites for hydroxylation is 1. The molecule has 0 aliphatic rings. The van der Waals surface area contributed by atoms with Crippen molar-refractivity contribution in [2.24, 2.45) is 0 Å². The second-order valence-electron chi connectivity index (χ2n) is 3.81. The summed E-state index contributed by atoms with van der Waals surface area (Å²) in [7, 11) is 0. The summed E-state index contributed by atoms with van der Waals surface area (Å²) < 4.78 is 0. The van der Waals surface area contributed by atoms with Gasteiger partial charge in [-0.3, -0.25) is 10.1 Å². The number of nitro benzene ring substituents is 1. The SMILES string of the molecule is Cc1ccc([N+](=O)[O-])c(-c2nc(C(=O)O)c(N)s2)c1. The highest BCUT2D eigenvalue weighted by molar-refractivity contribution is 7.19. The van der Waals surface area contributed by atoms with E-state index in [-0.39, 0.29) is 27.0 Å². The van der Waals surface area contributed by atoms with Crippen molar-refractivity contribution >= 4 is 28.0 Å². The van der Waals surface area contributed by atoms with Crippen LogP contribution in [0.25, 0.3) is 10.6 Å². The van der Waals surface area contributed by atoms with Crippen LogP contribution in [0.15, 0.2) is 18.2 Å². The molecule has 8 heteroatoms. The molecule has 0 bridgehead atoms. The van der Waals surface area contributed by atoms with Gasteiger partial charge in [-0.2, -0.15) is 0 Å². The van der Waals surface area contributed by atoms with Gasteiger partial charge in [-0.05, 0) is 18.6 Å². The Balaban J connectivity index is 2.64. The maximum Gasteiger partial charge on any atom is 0.357 e. The number of nitro groups is 1. The summed E-state index contributed by atoms with van der Waals surface area (Å²) in [5.74, 6) is -1.25. The van der Waals surface area contributed by atoms with Crippen LogP contribution in [0.1, 0.15) is 16.1 Å². The van der Waals surface area contributed by atoms with Gasteiger partial charge < -0.3 is 10.8 Å². The number of nitrogens with zero attached hydrogens (tertiary/aromatic N) is 2. The van der Waals surface area contributed by atoms with E-state index in [1.807, 2.05) is 0 Å². The Kier molecular flexibility index (Phi) is 3.17. The lowest BCUT2D eigenvalue weighted by Gasteiger charge is -2.00. The van der Waals surface area contributed by atoms with E-state index in [4.69, 9.17) is 10.8 Å². The zero-order valence-electron chi connectivity index (χ0n) is 9.78. The van der Waals surface area contributed by atoms with E-state index in [9.17, 15) is 14.9 Å². The molecule has 1 aromatic heterocycles. The number of hydrogen-bond donors (Lipinski definition) is 2. The van der Waals surface area contributed by atoms with Gasteiger partial charge in [-0.25, -0.2) is 9.78 Å².